The van der Waals surface area contributed by atoms with Gasteiger partial charge in [0.25, 0.3) is 0 Å². The van der Waals surface area contributed by atoms with Crippen molar-refractivity contribution in [3.05, 3.63) is 62.7 Å². The molecule has 2 heterocycles. The maximum Gasteiger partial charge on any atom is 0.194 e. The van der Waals surface area contributed by atoms with Crippen molar-refractivity contribution in [2.45, 2.75) is 40.0 Å². The van der Waals surface area contributed by atoms with E-state index in [1.54, 1.807) is 0 Å². The molecule has 0 bridgehead atoms. The Morgan fingerprint density at radius 2 is 1.79 bits per heavy atom. The Morgan fingerprint density at radius 3 is 2.36 bits per heavy atom. The summed E-state index contributed by atoms with van der Waals surface area (Å²) in [6, 6.07) is 12.1. The first-order chi connectivity index (χ1) is 13.2. The quantitative estimate of drug-likeness (QED) is 0.386. The average molecular weight is 412 g/mol. The highest BCUT2D eigenvalue weighted by Gasteiger charge is 2.17. The van der Waals surface area contributed by atoms with Crippen LogP contribution in [0.1, 0.15) is 53.4 Å². The van der Waals surface area contributed by atoms with Crippen LogP contribution in [0.5, 0.6) is 5.75 Å². The van der Waals surface area contributed by atoms with Gasteiger partial charge in [0.15, 0.2) is 5.78 Å². The number of hydrogen-bond acceptors (Lipinski definition) is 5. The van der Waals surface area contributed by atoms with E-state index in [1.165, 1.54) is 28.2 Å². The number of benzene rings is 1. The smallest absolute Gasteiger partial charge is 0.194 e. The van der Waals surface area contributed by atoms with Gasteiger partial charge in [-0.3, -0.25) is 9.79 Å². The van der Waals surface area contributed by atoms with Crippen LogP contribution >= 0.6 is 22.7 Å². The van der Waals surface area contributed by atoms with Crippen LogP contribution in [0.25, 0.3) is 10.4 Å². The van der Waals surface area contributed by atoms with Gasteiger partial charge in [-0.05, 0) is 42.5 Å². The lowest BCUT2D eigenvalue weighted by Crippen LogP contribution is -2.10. The number of hydrogen-bond donors (Lipinski definition) is 1. The minimum Gasteiger partial charge on any atom is -0.506 e. The molecule has 146 valence electrons. The number of nitrogens with zero attached hydrogens (tertiary/aromatic N) is 1. The molecule has 0 radical (unpaired) electrons. The number of rotatable bonds is 5. The molecule has 28 heavy (non-hydrogen) atoms. The van der Waals surface area contributed by atoms with E-state index in [1.807, 2.05) is 43.5 Å². The molecule has 0 spiro atoms. The topological polar surface area (TPSA) is 49.7 Å². The standard InChI is InChI=1S/C23H25NO2S2/c1-14-6-11-20(28-14)19(25)12-24-15(2)18-13-27-22(21(18)26)16-7-9-17(10-8-16)23(3,4)5/h6-11,13,26H,12H2,1-5H3. The molecule has 3 rings (SSSR count). The van der Waals surface area contributed by atoms with Gasteiger partial charge < -0.3 is 5.11 Å². The fourth-order valence-electron chi connectivity index (χ4n) is 2.87. The summed E-state index contributed by atoms with van der Waals surface area (Å²) in [7, 11) is 0. The summed E-state index contributed by atoms with van der Waals surface area (Å²) in [6.07, 6.45) is 0. The third-order valence-electron chi connectivity index (χ3n) is 4.64. The Morgan fingerprint density at radius 1 is 1.11 bits per heavy atom. The van der Waals surface area contributed by atoms with Crippen molar-refractivity contribution in [3.63, 3.8) is 0 Å². The van der Waals surface area contributed by atoms with Crippen LogP contribution in [0.2, 0.25) is 0 Å². The Hall–Kier alpha value is -2.24. The van der Waals surface area contributed by atoms with E-state index in [2.05, 4.69) is 37.9 Å². The molecule has 0 aliphatic rings. The van der Waals surface area contributed by atoms with Crippen LogP contribution in [0.15, 0.2) is 46.8 Å². The molecule has 2 aromatic heterocycles. The molecule has 3 nitrogen and oxygen atoms in total. The lowest BCUT2D eigenvalue weighted by atomic mass is 9.86. The van der Waals surface area contributed by atoms with Crippen molar-refractivity contribution in [2.75, 3.05) is 6.54 Å². The summed E-state index contributed by atoms with van der Waals surface area (Å²) in [5.74, 6) is 0.235. The summed E-state index contributed by atoms with van der Waals surface area (Å²) in [4.78, 5) is 19.3. The highest BCUT2D eigenvalue weighted by atomic mass is 32.1. The van der Waals surface area contributed by atoms with E-state index in [4.69, 9.17) is 0 Å². The van der Waals surface area contributed by atoms with Crippen LogP contribution in [-0.2, 0) is 5.41 Å². The molecular weight excluding hydrogens is 386 g/mol. The predicted octanol–water partition coefficient (Wildman–Crippen LogP) is 6.48. The van der Waals surface area contributed by atoms with Gasteiger partial charge in [0.1, 0.15) is 12.3 Å². The van der Waals surface area contributed by atoms with E-state index in [0.717, 1.165) is 20.2 Å². The Labute approximate surface area is 174 Å². The van der Waals surface area contributed by atoms with Gasteiger partial charge in [-0.15, -0.1) is 22.7 Å². The van der Waals surface area contributed by atoms with Gasteiger partial charge in [0, 0.05) is 21.5 Å². The van der Waals surface area contributed by atoms with Crippen molar-refractivity contribution in [1.29, 1.82) is 0 Å². The van der Waals surface area contributed by atoms with Gasteiger partial charge >= 0.3 is 0 Å². The molecule has 0 fully saturated rings. The summed E-state index contributed by atoms with van der Waals surface area (Å²) in [5, 5.41) is 12.6. The second kappa shape index (κ2) is 8.02. The third-order valence-corrected chi connectivity index (χ3v) is 6.70. The summed E-state index contributed by atoms with van der Waals surface area (Å²) >= 11 is 2.98. The molecule has 0 aliphatic carbocycles. The number of Topliss-reactive ketones (excluding diaryl/α,β-unsaturated/α-hetero) is 1. The van der Waals surface area contributed by atoms with Crippen molar-refractivity contribution < 1.29 is 9.90 Å². The van der Waals surface area contributed by atoms with Crippen LogP contribution in [0, 0.1) is 6.92 Å². The number of thiophene rings is 2. The lowest BCUT2D eigenvalue weighted by Gasteiger charge is -2.19. The molecule has 0 unspecified atom stereocenters. The number of carbonyl (C=O) groups is 1. The number of carbonyl (C=O) groups excluding carboxylic acids is 1. The molecule has 0 saturated carbocycles. The normalized spacial score (nSPS) is 12.4. The maximum absolute atomic E-state index is 12.3. The highest BCUT2D eigenvalue weighted by Crippen LogP contribution is 2.39. The van der Waals surface area contributed by atoms with Crippen molar-refractivity contribution in [2.24, 2.45) is 4.99 Å². The molecule has 3 aromatic rings. The highest BCUT2D eigenvalue weighted by molar-refractivity contribution is 7.14. The van der Waals surface area contributed by atoms with Crippen LogP contribution in [0.4, 0.5) is 0 Å². The van der Waals surface area contributed by atoms with E-state index in [-0.39, 0.29) is 23.5 Å². The zero-order valence-corrected chi connectivity index (χ0v) is 18.5. The van der Waals surface area contributed by atoms with Crippen LogP contribution in [-0.4, -0.2) is 23.1 Å². The number of aliphatic imine (C=N–C) groups is 1. The Bertz CT molecular complexity index is 1020. The summed E-state index contributed by atoms with van der Waals surface area (Å²) in [5.41, 5.74) is 3.70. The maximum atomic E-state index is 12.3. The predicted molar refractivity (Wildman–Crippen MR) is 121 cm³/mol. The third kappa shape index (κ3) is 4.42. The number of aromatic hydroxyl groups is 1. The van der Waals surface area contributed by atoms with Gasteiger partial charge in [-0.2, -0.15) is 0 Å². The van der Waals surface area contributed by atoms with Crippen LogP contribution in [0.3, 0.4) is 0 Å². The molecular formula is C23H25NO2S2. The first-order valence-corrected chi connectivity index (χ1v) is 10.9. The second-order valence-electron chi connectivity index (χ2n) is 7.89. The average Bonchev–Trinajstić information content (AvgIpc) is 3.24. The lowest BCUT2D eigenvalue weighted by molar-refractivity contribution is 0.101. The molecule has 0 aliphatic heterocycles. The summed E-state index contributed by atoms with van der Waals surface area (Å²) in [6.45, 7) is 10.5. The van der Waals surface area contributed by atoms with Gasteiger partial charge in [-0.1, -0.05) is 45.0 Å². The summed E-state index contributed by atoms with van der Waals surface area (Å²) < 4.78 is 0. The Balaban J connectivity index is 1.79. The first kappa shape index (κ1) is 20.5. The fourth-order valence-corrected chi connectivity index (χ4v) is 4.68. The van der Waals surface area contributed by atoms with Crippen molar-refractivity contribution in [3.8, 4) is 16.2 Å². The SMILES string of the molecule is CC(=NCC(=O)c1ccc(C)s1)c1csc(-c2ccc(C(C)(C)C)cc2)c1O. The zero-order valence-electron chi connectivity index (χ0n) is 16.9. The van der Waals surface area contributed by atoms with Gasteiger partial charge in [0.2, 0.25) is 0 Å². The first-order valence-electron chi connectivity index (χ1n) is 9.19. The molecule has 1 N–H and O–H groups in total. The van der Waals surface area contributed by atoms with Crippen molar-refractivity contribution in [1.82, 2.24) is 0 Å². The number of ketones is 1. The van der Waals surface area contributed by atoms with Gasteiger partial charge in [0.05, 0.1) is 9.75 Å². The van der Waals surface area contributed by atoms with E-state index >= 15 is 0 Å². The monoisotopic (exact) mass is 411 g/mol. The molecule has 0 saturated heterocycles. The zero-order chi connectivity index (χ0) is 20.5. The van der Waals surface area contributed by atoms with Crippen molar-refractivity contribution >= 4 is 34.2 Å². The fraction of sp³-hybridized carbons (Fsp3) is 0.304. The molecule has 0 amide bonds. The largest absolute Gasteiger partial charge is 0.506 e. The van der Waals surface area contributed by atoms with E-state index in [9.17, 15) is 9.90 Å². The molecule has 0 atom stereocenters. The Kier molecular flexibility index (Phi) is 5.87. The van der Waals surface area contributed by atoms with E-state index in [0.29, 0.717) is 11.3 Å². The molecule has 5 heteroatoms. The van der Waals surface area contributed by atoms with E-state index < -0.39 is 0 Å². The second-order valence-corrected chi connectivity index (χ2v) is 10.1. The van der Waals surface area contributed by atoms with Gasteiger partial charge in [-0.25, -0.2) is 0 Å². The molecule has 1 aromatic carbocycles. The minimum atomic E-state index is 0.00478. The van der Waals surface area contributed by atoms with Crippen LogP contribution < -0.4 is 0 Å². The minimum absolute atomic E-state index is 0.00478. The number of aryl methyl sites for hydroxylation is 1.